The van der Waals surface area contributed by atoms with Crippen LogP contribution >= 0.6 is 0 Å². The Morgan fingerprint density at radius 2 is 1.64 bits per heavy atom. The van der Waals surface area contributed by atoms with Gasteiger partial charge in [-0.2, -0.15) is 0 Å². The topological polar surface area (TPSA) is 55.8 Å². The Bertz CT molecular complexity index is 530. The molecule has 1 saturated heterocycles. The van der Waals surface area contributed by atoms with E-state index in [2.05, 4.69) is 34.3 Å². The van der Waals surface area contributed by atoms with E-state index in [1.54, 1.807) is 0 Å². The summed E-state index contributed by atoms with van der Waals surface area (Å²) in [6.07, 6.45) is 3.25. The van der Waals surface area contributed by atoms with Gasteiger partial charge in [-0.15, -0.1) is 0 Å². The van der Waals surface area contributed by atoms with Crippen LogP contribution in [0.2, 0.25) is 0 Å². The summed E-state index contributed by atoms with van der Waals surface area (Å²) in [6.45, 7) is 8.29. The Labute approximate surface area is 152 Å². The summed E-state index contributed by atoms with van der Waals surface area (Å²) in [6, 6.07) is 8.02. The van der Waals surface area contributed by atoms with Crippen LogP contribution < -0.4 is 10.2 Å². The minimum absolute atomic E-state index is 0.114. The average Bonchev–Trinajstić information content (AvgIpc) is 2.56. The zero-order chi connectivity index (χ0) is 18.3. The van der Waals surface area contributed by atoms with Crippen LogP contribution in [0.25, 0.3) is 0 Å². The molecule has 2 N–H and O–H groups in total. The second kappa shape index (κ2) is 9.20. The fourth-order valence-electron chi connectivity index (χ4n) is 3.56. The number of nitrogens with zero attached hydrogens (tertiary/aromatic N) is 2. The lowest BCUT2D eigenvalue weighted by Gasteiger charge is -2.34. The maximum Gasteiger partial charge on any atom is 0.227 e. The SMILES string of the molecule is CCCC(O)(CCC)CC(=O)Nc1ccc(N2CCN(C)CC2)cc1. The van der Waals surface area contributed by atoms with E-state index < -0.39 is 5.60 Å². The van der Waals surface area contributed by atoms with Gasteiger partial charge in [-0.05, 0) is 44.2 Å². The number of benzene rings is 1. The molecule has 0 aliphatic carbocycles. The molecule has 1 heterocycles. The van der Waals surface area contributed by atoms with Gasteiger partial charge in [-0.1, -0.05) is 26.7 Å². The Hall–Kier alpha value is -1.59. The van der Waals surface area contributed by atoms with E-state index in [4.69, 9.17) is 0 Å². The van der Waals surface area contributed by atoms with E-state index in [1.807, 2.05) is 26.0 Å². The van der Waals surface area contributed by atoms with Crippen LogP contribution in [0.4, 0.5) is 11.4 Å². The van der Waals surface area contributed by atoms with Gasteiger partial charge in [-0.25, -0.2) is 0 Å². The molecule has 1 aromatic rings. The van der Waals surface area contributed by atoms with Crippen LogP contribution in [0, 0.1) is 0 Å². The Morgan fingerprint density at radius 1 is 1.08 bits per heavy atom. The minimum Gasteiger partial charge on any atom is -0.389 e. The maximum atomic E-state index is 12.3. The molecule has 0 aromatic heterocycles. The third kappa shape index (κ3) is 6.01. The van der Waals surface area contributed by atoms with E-state index in [-0.39, 0.29) is 12.3 Å². The van der Waals surface area contributed by atoms with Crippen LogP contribution in [-0.2, 0) is 4.79 Å². The molecule has 1 aliphatic rings. The minimum atomic E-state index is -0.882. The number of anilines is 2. The molecule has 140 valence electrons. The zero-order valence-corrected chi connectivity index (χ0v) is 15.9. The molecule has 0 bridgehead atoms. The fraction of sp³-hybridized carbons (Fsp3) is 0.650. The van der Waals surface area contributed by atoms with Crippen molar-refractivity contribution >= 4 is 17.3 Å². The van der Waals surface area contributed by atoms with Crippen molar-refractivity contribution in [3.63, 3.8) is 0 Å². The Kier molecular flexibility index (Phi) is 7.26. The fourth-order valence-corrected chi connectivity index (χ4v) is 3.56. The predicted octanol–water partition coefficient (Wildman–Crippen LogP) is 3.10. The monoisotopic (exact) mass is 347 g/mol. The Morgan fingerprint density at radius 3 is 2.16 bits per heavy atom. The van der Waals surface area contributed by atoms with Crippen molar-refractivity contribution in [3.05, 3.63) is 24.3 Å². The zero-order valence-electron chi connectivity index (χ0n) is 15.9. The van der Waals surface area contributed by atoms with Crippen LogP contribution in [0.1, 0.15) is 46.0 Å². The van der Waals surface area contributed by atoms with Gasteiger partial charge in [0.05, 0.1) is 12.0 Å². The van der Waals surface area contributed by atoms with Gasteiger partial charge in [0.2, 0.25) is 5.91 Å². The molecule has 0 spiro atoms. The number of nitrogens with one attached hydrogen (secondary N) is 1. The number of aliphatic hydroxyl groups is 1. The second-order valence-electron chi connectivity index (χ2n) is 7.29. The van der Waals surface area contributed by atoms with Crippen LogP contribution in [0.5, 0.6) is 0 Å². The first kappa shape index (κ1) is 19.7. The van der Waals surface area contributed by atoms with E-state index in [1.165, 1.54) is 5.69 Å². The third-order valence-electron chi connectivity index (χ3n) is 4.94. The van der Waals surface area contributed by atoms with Crippen molar-refractivity contribution in [1.82, 2.24) is 4.90 Å². The number of rotatable bonds is 8. The van der Waals surface area contributed by atoms with Crippen LogP contribution in [0.15, 0.2) is 24.3 Å². The van der Waals surface area contributed by atoms with Crippen molar-refractivity contribution in [1.29, 1.82) is 0 Å². The molecular weight excluding hydrogens is 314 g/mol. The molecule has 0 unspecified atom stereocenters. The molecule has 25 heavy (non-hydrogen) atoms. The molecule has 0 saturated carbocycles. The van der Waals surface area contributed by atoms with Gasteiger partial charge in [0, 0.05) is 37.6 Å². The molecule has 1 aromatic carbocycles. The van der Waals surface area contributed by atoms with Crippen molar-refractivity contribution in [2.75, 3.05) is 43.4 Å². The number of amides is 1. The van der Waals surface area contributed by atoms with Gasteiger partial charge >= 0.3 is 0 Å². The summed E-state index contributed by atoms with van der Waals surface area (Å²) in [5.41, 5.74) is 1.10. The second-order valence-corrected chi connectivity index (χ2v) is 7.29. The lowest BCUT2D eigenvalue weighted by atomic mass is 9.89. The van der Waals surface area contributed by atoms with Gasteiger partial charge < -0.3 is 20.2 Å². The quantitative estimate of drug-likeness (QED) is 0.759. The average molecular weight is 348 g/mol. The highest BCUT2D eigenvalue weighted by molar-refractivity contribution is 5.91. The summed E-state index contributed by atoms with van der Waals surface area (Å²) in [5.74, 6) is -0.114. The smallest absolute Gasteiger partial charge is 0.227 e. The Balaban J connectivity index is 1.90. The normalized spacial score (nSPS) is 16.1. The molecule has 1 aliphatic heterocycles. The van der Waals surface area contributed by atoms with E-state index in [0.717, 1.165) is 44.7 Å². The highest BCUT2D eigenvalue weighted by Crippen LogP contribution is 2.25. The van der Waals surface area contributed by atoms with Crippen LogP contribution in [-0.4, -0.2) is 54.7 Å². The van der Waals surface area contributed by atoms with Gasteiger partial charge in [0.1, 0.15) is 0 Å². The number of likely N-dealkylation sites (N-methyl/N-ethyl adjacent to an activating group) is 1. The van der Waals surface area contributed by atoms with Gasteiger partial charge in [0.25, 0.3) is 0 Å². The maximum absolute atomic E-state index is 12.3. The molecule has 2 rings (SSSR count). The molecule has 0 atom stereocenters. The number of carbonyl (C=O) groups is 1. The lowest BCUT2D eigenvalue weighted by Crippen LogP contribution is -2.44. The largest absolute Gasteiger partial charge is 0.389 e. The lowest BCUT2D eigenvalue weighted by molar-refractivity contribution is -0.121. The number of piperazine rings is 1. The summed E-state index contributed by atoms with van der Waals surface area (Å²) in [7, 11) is 2.15. The highest BCUT2D eigenvalue weighted by Gasteiger charge is 2.28. The van der Waals surface area contributed by atoms with Gasteiger partial charge in [-0.3, -0.25) is 4.79 Å². The summed E-state index contributed by atoms with van der Waals surface area (Å²) < 4.78 is 0. The van der Waals surface area contributed by atoms with Crippen LogP contribution in [0.3, 0.4) is 0 Å². The highest BCUT2D eigenvalue weighted by atomic mass is 16.3. The first-order valence-electron chi connectivity index (χ1n) is 9.51. The number of hydrogen-bond acceptors (Lipinski definition) is 4. The van der Waals surface area contributed by atoms with E-state index in [0.29, 0.717) is 12.8 Å². The molecule has 0 radical (unpaired) electrons. The summed E-state index contributed by atoms with van der Waals surface area (Å²) >= 11 is 0. The molecule has 1 fully saturated rings. The van der Waals surface area contributed by atoms with E-state index in [9.17, 15) is 9.90 Å². The number of hydrogen-bond donors (Lipinski definition) is 2. The third-order valence-corrected chi connectivity index (χ3v) is 4.94. The molecule has 1 amide bonds. The van der Waals surface area contributed by atoms with Crippen molar-refractivity contribution < 1.29 is 9.90 Å². The number of carbonyl (C=O) groups excluding carboxylic acids is 1. The first-order chi connectivity index (χ1) is 12.0. The molecule has 5 nitrogen and oxygen atoms in total. The van der Waals surface area contributed by atoms with E-state index >= 15 is 0 Å². The predicted molar refractivity (Wildman–Crippen MR) is 104 cm³/mol. The molecule has 5 heteroatoms. The first-order valence-corrected chi connectivity index (χ1v) is 9.51. The standard InChI is InChI=1S/C20H33N3O2/c1-4-10-20(25,11-5-2)16-19(24)21-17-6-8-18(9-7-17)23-14-12-22(3)13-15-23/h6-9,25H,4-5,10-16H2,1-3H3,(H,21,24). The van der Waals surface area contributed by atoms with Crippen molar-refractivity contribution in [2.45, 2.75) is 51.6 Å². The summed E-state index contributed by atoms with van der Waals surface area (Å²) in [4.78, 5) is 17.0. The molecular formula is C20H33N3O2. The van der Waals surface area contributed by atoms with Gasteiger partial charge in [0.15, 0.2) is 0 Å². The summed E-state index contributed by atoms with van der Waals surface area (Å²) in [5, 5.41) is 13.5. The van der Waals surface area contributed by atoms with Crippen molar-refractivity contribution in [2.24, 2.45) is 0 Å². The van der Waals surface area contributed by atoms with Crippen molar-refractivity contribution in [3.8, 4) is 0 Å².